The van der Waals surface area contributed by atoms with Crippen molar-refractivity contribution in [2.45, 2.75) is 12.5 Å². The minimum absolute atomic E-state index is 0.0707. The zero-order valence-corrected chi connectivity index (χ0v) is 14.8. The molecule has 0 aliphatic carbocycles. The summed E-state index contributed by atoms with van der Waals surface area (Å²) in [4.78, 5) is 29.6. The van der Waals surface area contributed by atoms with Gasteiger partial charge in [0.25, 0.3) is 5.91 Å². The molecule has 2 aromatic heterocycles. The molecule has 3 heterocycles. The maximum atomic E-state index is 12.9. The van der Waals surface area contributed by atoms with Crippen LogP contribution in [0.1, 0.15) is 31.7 Å². The van der Waals surface area contributed by atoms with Crippen LogP contribution in [0.3, 0.4) is 0 Å². The van der Waals surface area contributed by atoms with Crippen molar-refractivity contribution in [1.82, 2.24) is 4.90 Å². The molecule has 0 saturated carbocycles. The van der Waals surface area contributed by atoms with Crippen LogP contribution in [-0.2, 0) is 11.2 Å². The number of phenols is 1. The number of ketones is 1. The lowest BCUT2D eigenvalue weighted by atomic mass is 9.97. The van der Waals surface area contributed by atoms with Crippen LogP contribution in [-0.4, -0.2) is 28.2 Å². The molecule has 1 aliphatic heterocycles. The number of fused-ring (bicyclic) bond motifs is 1. The molecule has 0 saturated heterocycles. The first-order valence-corrected chi connectivity index (χ1v) is 9.65. The molecular formula is C19H15NO3S2. The first kappa shape index (κ1) is 16.1. The Morgan fingerprint density at radius 2 is 1.84 bits per heavy atom. The largest absolute Gasteiger partial charge is 0.508 e. The average Bonchev–Trinajstić information content (AvgIpc) is 3.31. The summed E-state index contributed by atoms with van der Waals surface area (Å²) in [5, 5.41) is 13.4. The van der Waals surface area contributed by atoms with Gasteiger partial charge in [-0.05, 0) is 59.1 Å². The predicted molar refractivity (Wildman–Crippen MR) is 98.3 cm³/mol. The van der Waals surface area contributed by atoms with Crippen LogP contribution in [0.15, 0.2) is 53.2 Å². The second kappa shape index (κ2) is 6.46. The van der Waals surface area contributed by atoms with E-state index in [1.807, 2.05) is 22.9 Å². The van der Waals surface area contributed by atoms with E-state index in [-0.39, 0.29) is 11.8 Å². The van der Waals surface area contributed by atoms with Crippen molar-refractivity contribution >= 4 is 34.4 Å². The van der Waals surface area contributed by atoms with Crippen LogP contribution in [0.2, 0.25) is 0 Å². The summed E-state index contributed by atoms with van der Waals surface area (Å²) in [7, 11) is 0. The fraction of sp³-hybridized carbons (Fsp3) is 0.158. The molecule has 3 aromatic rings. The summed E-state index contributed by atoms with van der Waals surface area (Å²) in [6.45, 7) is 0.527. The fourth-order valence-corrected chi connectivity index (χ4v) is 4.91. The highest BCUT2D eigenvalue weighted by molar-refractivity contribution is 7.10. The number of thiophene rings is 2. The standard InChI is InChI=1S/C19H15NO3S2/c21-13-5-3-12(4-6-13)18(22)19(23)20-9-7-15-14(8-11-25-15)17(20)16-2-1-10-24-16/h1-6,8,10-11,17,21H,7,9H2. The molecule has 0 bridgehead atoms. The summed E-state index contributed by atoms with van der Waals surface area (Å²) in [5.74, 6) is -0.970. The number of hydrogen-bond donors (Lipinski definition) is 1. The van der Waals surface area contributed by atoms with Crippen LogP contribution >= 0.6 is 22.7 Å². The summed E-state index contributed by atoms with van der Waals surface area (Å²) in [5.41, 5.74) is 1.41. The highest BCUT2D eigenvalue weighted by atomic mass is 32.1. The van der Waals surface area contributed by atoms with Gasteiger partial charge in [-0.25, -0.2) is 0 Å². The number of rotatable bonds is 3. The van der Waals surface area contributed by atoms with Gasteiger partial charge >= 0.3 is 0 Å². The zero-order valence-electron chi connectivity index (χ0n) is 13.2. The van der Waals surface area contributed by atoms with Crippen molar-refractivity contribution in [2.75, 3.05) is 6.54 Å². The Balaban J connectivity index is 1.69. The number of phenolic OH excluding ortho intramolecular Hbond substituents is 1. The number of carbonyl (C=O) groups is 2. The van der Waals surface area contributed by atoms with E-state index in [0.29, 0.717) is 12.1 Å². The maximum absolute atomic E-state index is 12.9. The van der Waals surface area contributed by atoms with Gasteiger partial charge in [0, 0.05) is 21.9 Å². The van der Waals surface area contributed by atoms with E-state index in [1.165, 1.54) is 29.1 Å². The lowest BCUT2D eigenvalue weighted by Gasteiger charge is -2.35. The number of carbonyl (C=O) groups excluding carboxylic acids is 2. The Bertz CT molecular complexity index is 913. The highest BCUT2D eigenvalue weighted by Gasteiger charge is 2.36. The second-order valence-electron chi connectivity index (χ2n) is 5.84. The maximum Gasteiger partial charge on any atom is 0.295 e. The Labute approximate surface area is 153 Å². The van der Waals surface area contributed by atoms with E-state index in [4.69, 9.17) is 0 Å². The van der Waals surface area contributed by atoms with Gasteiger partial charge in [-0.1, -0.05) is 6.07 Å². The van der Waals surface area contributed by atoms with Gasteiger partial charge in [-0.2, -0.15) is 0 Å². The Kier molecular flexibility index (Phi) is 4.15. The normalized spacial score (nSPS) is 16.5. The molecule has 6 heteroatoms. The third-order valence-electron chi connectivity index (χ3n) is 4.36. The number of nitrogens with zero attached hydrogens (tertiary/aromatic N) is 1. The molecule has 25 heavy (non-hydrogen) atoms. The molecule has 4 rings (SSSR count). The van der Waals surface area contributed by atoms with Gasteiger partial charge in [-0.3, -0.25) is 9.59 Å². The molecule has 1 aromatic carbocycles. The zero-order chi connectivity index (χ0) is 17.4. The van der Waals surface area contributed by atoms with E-state index in [1.54, 1.807) is 27.6 Å². The fourth-order valence-electron chi connectivity index (χ4n) is 3.16. The number of benzene rings is 1. The molecule has 1 amide bonds. The first-order chi connectivity index (χ1) is 12.1. The molecule has 126 valence electrons. The summed E-state index contributed by atoms with van der Waals surface area (Å²) in [6, 6.07) is 11.6. The van der Waals surface area contributed by atoms with Gasteiger partial charge in [0.1, 0.15) is 5.75 Å². The molecule has 1 unspecified atom stereocenters. The number of aromatic hydroxyl groups is 1. The lowest BCUT2D eigenvalue weighted by molar-refractivity contribution is -0.128. The molecule has 0 fully saturated rings. The summed E-state index contributed by atoms with van der Waals surface area (Å²) < 4.78 is 0. The van der Waals surface area contributed by atoms with Crippen molar-refractivity contribution in [3.63, 3.8) is 0 Å². The third kappa shape index (κ3) is 2.88. The molecule has 0 radical (unpaired) electrons. The average molecular weight is 369 g/mol. The van der Waals surface area contributed by atoms with Crippen LogP contribution in [0.25, 0.3) is 0 Å². The molecular weight excluding hydrogens is 354 g/mol. The van der Waals surface area contributed by atoms with Crippen molar-refractivity contribution in [3.8, 4) is 5.75 Å². The van der Waals surface area contributed by atoms with E-state index in [2.05, 4.69) is 6.07 Å². The second-order valence-corrected chi connectivity index (χ2v) is 7.82. The van der Waals surface area contributed by atoms with E-state index >= 15 is 0 Å². The Morgan fingerprint density at radius 1 is 1.04 bits per heavy atom. The number of amides is 1. The van der Waals surface area contributed by atoms with Crippen molar-refractivity contribution in [2.24, 2.45) is 0 Å². The molecule has 1 atom stereocenters. The van der Waals surface area contributed by atoms with E-state index in [9.17, 15) is 14.7 Å². The third-order valence-corrected chi connectivity index (χ3v) is 6.28. The van der Waals surface area contributed by atoms with E-state index in [0.717, 1.165) is 16.9 Å². The SMILES string of the molecule is O=C(C(=O)N1CCc2sccc2C1c1cccs1)c1ccc(O)cc1. The highest BCUT2D eigenvalue weighted by Crippen LogP contribution is 2.39. The monoisotopic (exact) mass is 369 g/mol. The summed E-state index contributed by atoms with van der Waals surface area (Å²) >= 11 is 3.29. The molecule has 1 aliphatic rings. The lowest BCUT2D eigenvalue weighted by Crippen LogP contribution is -2.43. The molecule has 4 nitrogen and oxygen atoms in total. The van der Waals surface area contributed by atoms with Crippen LogP contribution in [0.4, 0.5) is 0 Å². The van der Waals surface area contributed by atoms with Gasteiger partial charge in [-0.15, -0.1) is 22.7 Å². The smallest absolute Gasteiger partial charge is 0.295 e. The van der Waals surface area contributed by atoms with Gasteiger partial charge in [0.15, 0.2) is 0 Å². The topological polar surface area (TPSA) is 57.6 Å². The first-order valence-electron chi connectivity index (χ1n) is 7.89. The minimum Gasteiger partial charge on any atom is -0.508 e. The van der Waals surface area contributed by atoms with Crippen molar-refractivity contribution in [1.29, 1.82) is 0 Å². The Morgan fingerprint density at radius 3 is 2.56 bits per heavy atom. The van der Waals surface area contributed by atoms with Crippen molar-refractivity contribution < 1.29 is 14.7 Å². The molecule has 0 spiro atoms. The van der Waals surface area contributed by atoms with Gasteiger partial charge in [0.05, 0.1) is 6.04 Å². The van der Waals surface area contributed by atoms with E-state index < -0.39 is 11.7 Å². The molecule has 1 N–H and O–H groups in total. The van der Waals surface area contributed by atoms with Crippen LogP contribution in [0.5, 0.6) is 5.75 Å². The minimum atomic E-state index is -0.541. The Hall–Kier alpha value is -2.44. The van der Waals surface area contributed by atoms with Crippen LogP contribution in [0, 0.1) is 0 Å². The predicted octanol–water partition coefficient (Wildman–Crippen LogP) is 3.87. The van der Waals surface area contributed by atoms with Gasteiger partial charge in [0.2, 0.25) is 5.78 Å². The van der Waals surface area contributed by atoms with Crippen LogP contribution < -0.4 is 0 Å². The van der Waals surface area contributed by atoms with Crippen molar-refractivity contribution in [3.05, 3.63) is 74.1 Å². The summed E-state index contributed by atoms with van der Waals surface area (Å²) in [6.07, 6.45) is 0.767. The number of hydrogen-bond acceptors (Lipinski definition) is 5. The van der Waals surface area contributed by atoms with Gasteiger partial charge < -0.3 is 10.0 Å². The quantitative estimate of drug-likeness (QED) is 0.563. The number of Topliss-reactive ketones (excluding diaryl/α,β-unsaturated/α-hetero) is 1.